The molecule has 0 aliphatic carbocycles. The minimum atomic E-state index is 0.577. The Kier molecular flexibility index (Phi) is 6.91. The largest absolute Gasteiger partial charge is 0.245 e. The highest BCUT2D eigenvalue weighted by molar-refractivity contribution is 6.00. The van der Waals surface area contributed by atoms with E-state index in [9.17, 15) is 0 Å². The zero-order chi connectivity index (χ0) is 17.4. The fraction of sp³-hybridized carbons (Fsp3) is 0.450. The first-order valence-corrected chi connectivity index (χ1v) is 8.87. The third kappa shape index (κ3) is 5.15. The van der Waals surface area contributed by atoms with Gasteiger partial charge in [-0.1, -0.05) is 51.0 Å². The fourth-order valence-electron chi connectivity index (χ4n) is 2.72. The van der Waals surface area contributed by atoms with E-state index in [2.05, 4.69) is 58.6 Å². The second-order valence-corrected chi connectivity index (χ2v) is 6.14. The molecule has 0 aliphatic heterocycles. The lowest BCUT2D eigenvalue weighted by Crippen LogP contribution is -2.06. The van der Waals surface area contributed by atoms with E-state index in [0.29, 0.717) is 5.95 Å². The van der Waals surface area contributed by atoms with Crippen LogP contribution >= 0.6 is 0 Å². The van der Waals surface area contributed by atoms with Gasteiger partial charge in [-0.15, -0.1) is 0 Å². The van der Waals surface area contributed by atoms with E-state index >= 15 is 0 Å². The van der Waals surface area contributed by atoms with Gasteiger partial charge in [0, 0.05) is 17.0 Å². The summed E-state index contributed by atoms with van der Waals surface area (Å²) >= 11 is 0. The Morgan fingerprint density at radius 1 is 1.08 bits per heavy atom. The molecular formula is C20H28N4. The molecule has 128 valence electrons. The van der Waals surface area contributed by atoms with Gasteiger partial charge in [-0.3, -0.25) is 0 Å². The number of hydrazone groups is 1. The van der Waals surface area contributed by atoms with Gasteiger partial charge >= 0.3 is 0 Å². The predicted molar refractivity (Wildman–Crippen MR) is 102 cm³/mol. The molecule has 0 unspecified atom stereocenters. The molecule has 0 bridgehead atoms. The molecule has 0 aliphatic rings. The molecule has 0 spiro atoms. The third-order valence-electron chi connectivity index (χ3n) is 3.94. The van der Waals surface area contributed by atoms with Crippen molar-refractivity contribution >= 4 is 11.7 Å². The van der Waals surface area contributed by atoms with Crippen LogP contribution in [0, 0.1) is 6.92 Å². The van der Waals surface area contributed by atoms with E-state index in [1.807, 2.05) is 19.9 Å². The van der Waals surface area contributed by atoms with E-state index in [4.69, 9.17) is 0 Å². The van der Waals surface area contributed by atoms with Crippen LogP contribution in [0.4, 0.5) is 5.95 Å². The summed E-state index contributed by atoms with van der Waals surface area (Å²) in [6.45, 7) is 8.40. The van der Waals surface area contributed by atoms with E-state index < -0.39 is 0 Å². The van der Waals surface area contributed by atoms with Gasteiger partial charge < -0.3 is 0 Å². The molecule has 0 atom stereocenters. The zero-order valence-electron chi connectivity index (χ0n) is 15.3. The Bertz CT molecular complexity index is 692. The Balaban J connectivity index is 2.16. The van der Waals surface area contributed by atoms with Gasteiger partial charge in [0.1, 0.15) is 0 Å². The summed E-state index contributed by atoms with van der Waals surface area (Å²) in [4.78, 5) is 9.00. The molecule has 1 aromatic heterocycles. The number of unbranched alkanes of at least 4 members (excludes halogenated alkanes) is 1. The fourth-order valence-corrected chi connectivity index (χ4v) is 2.72. The summed E-state index contributed by atoms with van der Waals surface area (Å²) in [5.74, 6) is 0.577. The maximum Gasteiger partial charge on any atom is 0.243 e. The molecule has 0 saturated carbocycles. The van der Waals surface area contributed by atoms with Crippen molar-refractivity contribution in [1.29, 1.82) is 0 Å². The van der Waals surface area contributed by atoms with Gasteiger partial charge in [0.25, 0.3) is 0 Å². The van der Waals surface area contributed by atoms with Crippen molar-refractivity contribution < 1.29 is 0 Å². The van der Waals surface area contributed by atoms with Crippen molar-refractivity contribution in [3.8, 4) is 0 Å². The lowest BCUT2D eigenvalue weighted by molar-refractivity contribution is 0.772. The topological polar surface area (TPSA) is 50.2 Å². The number of anilines is 1. The summed E-state index contributed by atoms with van der Waals surface area (Å²) in [7, 11) is 0. The van der Waals surface area contributed by atoms with Gasteiger partial charge in [0.2, 0.25) is 5.95 Å². The molecule has 0 amide bonds. The maximum atomic E-state index is 4.57. The highest BCUT2D eigenvalue weighted by Gasteiger charge is 2.05. The van der Waals surface area contributed by atoms with Crippen LogP contribution < -0.4 is 5.43 Å². The summed E-state index contributed by atoms with van der Waals surface area (Å²) in [5, 5.41) is 4.51. The van der Waals surface area contributed by atoms with Crippen LogP contribution in [-0.4, -0.2) is 15.7 Å². The SMILES string of the molecule is CCCCc1cc(C)nc(NN=C(C)c2ccccc2CCC)n1. The first-order chi connectivity index (χ1) is 11.6. The zero-order valence-corrected chi connectivity index (χ0v) is 15.3. The predicted octanol–water partition coefficient (Wildman–Crippen LogP) is 4.92. The normalized spacial score (nSPS) is 11.6. The van der Waals surface area contributed by atoms with Gasteiger partial charge in [0.15, 0.2) is 0 Å². The minimum Gasteiger partial charge on any atom is -0.245 e. The Hall–Kier alpha value is -2.23. The summed E-state index contributed by atoms with van der Waals surface area (Å²) in [6, 6.07) is 10.5. The average molecular weight is 324 g/mol. The average Bonchev–Trinajstić information content (AvgIpc) is 2.58. The second-order valence-electron chi connectivity index (χ2n) is 6.14. The number of rotatable bonds is 8. The van der Waals surface area contributed by atoms with E-state index in [0.717, 1.165) is 49.2 Å². The van der Waals surface area contributed by atoms with Crippen molar-refractivity contribution in [3.63, 3.8) is 0 Å². The van der Waals surface area contributed by atoms with Crippen LogP contribution in [0.1, 0.15) is 62.5 Å². The Morgan fingerprint density at radius 2 is 1.88 bits per heavy atom. The van der Waals surface area contributed by atoms with Crippen molar-refractivity contribution in [3.05, 3.63) is 52.8 Å². The lowest BCUT2D eigenvalue weighted by atomic mass is 10.0. The Morgan fingerprint density at radius 3 is 2.62 bits per heavy atom. The number of aromatic nitrogens is 2. The van der Waals surface area contributed by atoms with E-state index in [1.165, 1.54) is 11.1 Å². The van der Waals surface area contributed by atoms with Crippen LogP contribution in [0.25, 0.3) is 0 Å². The monoisotopic (exact) mass is 324 g/mol. The molecule has 4 heteroatoms. The van der Waals surface area contributed by atoms with Crippen LogP contribution in [0.2, 0.25) is 0 Å². The van der Waals surface area contributed by atoms with E-state index in [-0.39, 0.29) is 0 Å². The summed E-state index contributed by atoms with van der Waals surface area (Å²) in [6.07, 6.45) is 5.47. The van der Waals surface area contributed by atoms with Crippen molar-refractivity contribution in [2.75, 3.05) is 5.43 Å². The molecule has 4 nitrogen and oxygen atoms in total. The van der Waals surface area contributed by atoms with Crippen molar-refractivity contribution in [1.82, 2.24) is 9.97 Å². The molecule has 1 heterocycles. The standard InChI is InChI=1S/C20H28N4/c1-5-7-12-18-14-15(3)21-20(22-18)24-23-16(4)19-13-9-8-11-17(19)10-6-2/h8-9,11,13-14H,5-7,10,12H2,1-4H3,(H,21,22,24). The number of benzene rings is 1. The molecule has 0 radical (unpaired) electrons. The lowest BCUT2D eigenvalue weighted by Gasteiger charge is -2.09. The molecule has 1 aromatic carbocycles. The molecular weight excluding hydrogens is 296 g/mol. The van der Waals surface area contributed by atoms with Crippen LogP contribution in [0.5, 0.6) is 0 Å². The molecule has 0 fully saturated rings. The number of nitrogens with zero attached hydrogens (tertiary/aromatic N) is 3. The van der Waals surface area contributed by atoms with Gasteiger partial charge in [-0.25, -0.2) is 15.4 Å². The number of nitrogens with one attached hydrogen (secondary N) is 1. The van der Waals surface area contributed by atoms with Gasteiger partial charge in [0.05, 0.1) is 5.71 Å². The molecule has 0 saturated heterocycles. The van der Waals surface area contributed by atoms with E-state index in [1.54, 1.807) is 0 Å². The summed E-state index contributed by atoms with van der Waals surface area (Å²) < 4.78 is 0. The molecule has 2 aromatic rings. The van der Waals surface area contributed by atoms with Crippen LogP contribution in [-0.2, 0) is 12.8 Å². The molecule has 24 heavy (non-hydrogen) atoms. The first-order valence-electron chi connectivity index (χ1n) is 8.87. The smallest absolute Gasteiger partial charge is 0.243 e. The number of aryl methyl sites for hydroxylation is 3. The van der Waals surface area contributed by atoms with Crippen LogP contribution in [0.15, 0.2) is 35.4 Å². The minimum absolute atomic E-state index is 0.577. The first kappa shape index (κ1) is 18.1. The maximum absolute atomic E-state index is 4.57. The third-order valence-corrected chi connectivity index (χ3v) is 3.94. The van der Waals surface area contributed by atoms with Crippen molar-refractivity contribution in [2.45, 2.75) is 59.8 Å². The second kappa shape index (κ2) is 9.16. The quantitative estimate of drug-likeness (QED) is 0.554. The highest BCUT2D eigenvalue weighted by atomic mass is 15.4. The van der Waals surface area contributed by atoms with Gasteiger partial charge in [-0.2, -0.15) is 5.10 Å². The van der Waals surface area contributed by atoms with Crippen LogP contribution in [0.3, 0.4) is 0 Å². The van der Waals surface area contributed by atoms with Crippen molar-refractivity contribution in [2.24, 2.45) is 5.10 Å². The number of hydrogen-bond acceptors (Lipinski definition) is 4. The molecule has 1 N–H and O–H groups in total. The number of hydrogen-bond donors (Lipinski definition) is 1. The Labute approximate surface area is 145 Å². The summed E-state index contributed by atoms with van der Waals surface area (Å²) in [5.41, 5.74) is 8.55. The van der Waals surface area contributed by atoms with Gasteiger partial charge in [-0.05, 0) is 44.7 Å². The highest BCUT2D eigenvalue weighted by Crippen LogP contribution is 2.13. The molecule has 2 rings (SSSR count).